The topological polar surface area (TPSA) is 60.2 Å². The summed E-state index contributed by atoms with van der Waals surface area (Å²) in [6.45, 7) is 2.64. The quantitative estimate of drug-likeness (QED) is 0.839. The van der Waals surface area contributed by atoms with Crippen LogP contribution in [0.15, 0.2) is 35.1 Å². The largest absolute Gasteiger partial charge is 0.487 e. The molecule has 20 heavy (non-hydrogen) atoms. The number of anilines is 1. The second-order valence-electron chi connectivity index (χ2n) is 4.65. The van der Waals surface area contributed by atoms with Crippen LogP contribution in [0.2, 0.25) is 0 Å². The fourth-order valence-electron chi connectivity index (χ4n) is 2.19. The SMILES string of the molecule is C[C@H]1CN(C(=O)Cn2ccnn2)c2cc(Br)ccc2O1. The third-order valence-corrected chi connectivity index (χ3v) is 3.54. The minimum atomic E-state index is -0.0385. The summed E-state index contributed by atoms with van der Waals surface area (Å²) in [5.74, 6) is 0.684. The molecule has 7 heteroatoms. The van der Waals surface area contributed by atoms with Crippen molar-refractivity contribution in [2.45, 2.75) is 19.6 Å². The van der Waals surface area contributed by atoms with E-state index in [9.17, 15) is 4.79 Å². The van der Waals surface area contributed by atoms with Gasteiger partial charge in [0.2, 0.25) is 5.91 Å². The summed E-state index contributed by atoms with van der Waals surface area (Å²) in [5.41, 5.74) is 0.780. The Hall–Kier alpha value is -1.89. The first kappa shape index (κ1) is 13.1. The van der Waals surface area contributed by atoms with Gasteiger partial charge >= 0.3 is 0 Å². The summed E-state index contributed by atoms with van der Waals surface area (Å²) in [6.07, 6.45) is 3.19. The molecule has 1 aliphatic heterocycles. The summed E-state index contributed by atoms with van der Waals surface area (Å²) in [7, 11) is 0. The van der Waals surface area contributed by atoms with E-state index in [1.165, 1.54) is 4.68 Å². The number of carbonyl (C=O) groups excluding carboxylic acids is 1. The Morgan fingerprint density at radius 1 is 1.55 bits per heavy atom. The number of fused-ring (bicyclic) bond motifs is 1. The Bertz CT molecular complexity index is 629. The molecule has 1 aliphatic rings. The zero-order chi connectivity index (χ0) is 14.1. The lowest BCUT2D eigenvalue weighted by Crippen LogP contribution is -2.43. The molecule has 0 radical (unpaired) electrons. The molecule has 0 saturated carbocycles. The van der Waals surface area contributed by atoms with Crippen molar-refractivity contribution in [3.8, 4) is 5.75 Å². The van der Waals surface area contributed by atoms with Gasteiger partial charge in [-0.2, -0.15) is 0 Å². The van der Waals surface area contributed by atoms with Crippen molar-refractivity contribution in [1.29, 1.82) is 0 Å². The third-order valence-electron chi connectivity index (χ3n) is 3.05. The molecule has 1 amide bonds. The highest BCUT2D eigenvalue weighted by Gasteiger charge is 2.27. The molecular weight excluding hydrogens is 324 g/mol. The normalized spacial score (nSPS) is 17.5. The lowest BCUT2D eigenvalue weighted by molar-refractivity contribution is -0.119. The van der Waals surface area contributed by atoms with Gasteiger partial charge in [-0.15, -0.1) is 5.10 Å². The third kappa shape index (κ3) is 2.53. The fourth-order valence-corrected chi connectivity index (χ4v) is 2.54. The van der Waals surface area contributed by atoms with Gasteiger partial charge in [0, 0.05) is 10.7 Å². The number of hydrogen-bond acceptors (Lipinski definition) is 4. The second-order valence-corrected chi connectivity index (χ2v) is 5.56. The van der Waals surface area contributed by atoms with Gasteiger partial charge in [-0.3, -0.25) is 4.79 Å². The van der Waals surface area contributed by atoms with Crippen molar-refractivity contribution < 1.29 is 9.53 Å². The Balaban J connectivity index is 1.89. The molecule has 0 spiro atoms. The van der Waals surface area contributed by atoms with E-state index in [2.05, 4.69) is 26.2 Å². The molecule has 1 aromatic carbocycles. The Kier molecular flexibility index (Phi) is 3.43. The molecule has 0 bridgehead atoms. The minimum Gasteiger partial charge on any atom is -0.487 e. The fraction of sp³-hybridized carbons (Fsp3) is 0.308. The van der Waals surface area contributed by atoms with Crippen molar-refractivity contribution in [1.82, 2.24) is 15.0 Å². The van der Waals surface area contributed by atoms with E-state index >= 15 is 0 Å². The number of carbonyl (C=O) groups is 1. The monoisotopic (exact) mass is 336 g/mol. The van der Waals surface area contributed by atoms with Crippen LogP contribution >= 0.6 is 15.9 Å². The maximum absolute atomic E-state index is 12.5. The minimum absolute atomic E-state index is 0.0370. The van der Waals surface area contributed by atoms with Gasteiger partial charge in [0.05, 0.1) is 18.4 Å². The molecule has 0 unspecified atom stereocenters. The summed E-state index contributed by atoms with van der Waals surface area (Å²) in [6, 6.07) is 5.65. The van der Waals surface area contributed by atoms with Gasteiger partial charge in [0.1, 0.15) is 18.4 Å². The molecule has 3 rings (SSSR count). The lowest BCUT2D eigenvalue weighted by atomic mass is 10.2. The van der Waals surface area contributed by atoms with Gasteiger partial charge in [0.15, 0.2) is 0 Å². The summed E-state index contributed by atoms with van der Waals surface area (Å²) in [5, 5.41) is 7.53. The smallest absolute Gasteiger partial charge is 0.249 e. The molecule has 1 atom stereocenters. The maximum atomic E-state index is 12.5. The molecule has 2 heterocycles. The van der Waals surface area contributed by atoms with Crippen molar-refractivity contribution in [3.05, 3.63) is 35.1 Å². The first-order chi connectivity index (χ1) is 9.63. The highest BCUT2D eigenvalue weighted by molar-refractivity contribution is 9.10. The van der Waals surface area contributed by atoms with Crippen LogP contribution in [-0.4, -0.2) is 33.5 Å². The van der Waals surface area contributed by atoms with E-state index in [1.54, 1.807) is 17.3 Å². The molecule has 0 saturated heterocycles. The number of halogens is 1. The van der Waals surface area contributed by atoms with Gasteiger partial charge < -0.3 is 9.64 Å². The highest BCUT2D eigenvalue weighted by Crippen LogP contribution is 2.35. The summed E-state index contributed by atoms with van der Waals surface area (Å²) in [4.78, 5) is 14.2. The predicted octanol–water partition coefficient (Wildman–Crippen LogP) is 1.85. The molecule has 1 aromatic heterocycles. The van der Waals surface area contributed by atoms with Crippen molar-refractivity contribution >= 4 is 27.5 Å². The first-order valence-electron chi connectivity index (χ1n) is 6.24. The summed E-state index contributed by atoms with van der Waals surface area (Å²) < 4.78 is 8.18. The van der Waals surface area contributed by atoms with Crippen LogP contribution in [-0.2, 0) is 11.3 Å². The molecule has 6 nitrogen and oxygen atoms in total. The number of aromatic nitrogens is 3. The second kappa shape index (κ2) is 5.24. The van der Waals surface area contributed by atoms with Crippen LogP contribution in [0.5, 0.6) is 5.75 Å². The maximum Gasteiger partial charge on any atom is 0.249 e. The van der Waals surface area contributed by atoms with Crippen molar-refractivity contribution in [3.63, 3.8) is 0 Å². The van der Waals surface area contributed by atoms with E-state index in [4.69, 9.17) is 4.74 Å². The summed E-state index contributed by atoms with van der Waals surface area (Å²) >= 11 is 3.42. The molecule has 2 aromatic rings. The Morgan fingerprint density at radius 2 is 2.40 bits per heavy atom. The van der Waals surface area contributed by atoms with Gasteiger partial charge in [-0.05, 0) is 25.1 Å². The number of rotatable bonds is 2. The van der Waals surface area contributed by atoms with Crippen molar-refractivity contribution in [2.24, 2.45) is 0 Å². The van der Waals surface area contributed by atoms with E-state index in [1.807, 2.05) is 25.1 Å². The molecular formula is C13H13BrN4O2. The van der Waals surface area contributed by atoms with E-state index < -0.39 is 0 Å². The average Bonchev–Trinajstić information content (AvgIpc) is 2.91. The van der Waals surface area contributed by atoms with Crippen LogP contribution in [0.25, 0.3) is 0 Å². The van der Waals surface area contributed by atoms with Crippen LogP contribution in [0, 0.1) is 0 Å². The molecule has 0 aliphatic carbocycles. The zero-order valence-corrected chi connectivity index (χ0v) is 12.4. The first-order valence-corrected chi connectivity index (χ1v) is 7.03. The highest BCUT2D eigenvalue weighted by atomic mass is 79.9. The number of amides is 1. The van der Waals surface area contributed by atoms with Crippen LogP contribution < -0.4 is 9.64 Å². The standard InChI is InChI=1S/C13H13BrN4O2/c1-9-7-18(13(19)8-17-5-4-15-16-17)11-6-10(14)2-3-12(11)20-9/h2-6,9H,7-8H2,1H3/t9-/m0/s1. The predicted molar refractivity (Wildman–Crippen MR) is 76.6 cm³/mol. The van der Waals surface area contributed by atoms with Gasteiger partial charge in [-0.25, -0.2) is 4.68 Å². The molecule has 0 N–H and O–H groups in total. The van der Waals surface area contributed by atoms with E-state index in [-0.39, 0.29) is 18.6 Å². The van der Waals surface area contributed by atoms with Gasteiger partial charge in [-0.1, -0.05) is 21.1 Å². The van der Waals surface area contributed by atoms with Gasteiger partial charge in [0.25, 0.3) is 0 Å². The number of ether oxygens (including phenoxy) is 1. The number of nitrogens with zero attached hydrogens (tertiary/aromatic N) is 4. The number of benzene rings is 1. The number of hydrogen-bond donors (Lipinski definition) is 0. The Morgan fingerprint density at radius 3 is 3.15 bits per heavy atom. The van der Waals surface area contributed by atoms with E-state index in [0.29, 0.717) is 6.54 Å². The zero-order valence-electron chi connectivity index (χ0n) is 10.9. The van der Waals surface area contributed by atoms with E-state index in [0.717, 1.165) is 15.9 Å². The Labute approximate surface area is 124 Å². The molecule has 0 fully saturated rings. The molecule has 104 valence electrons. The van der Waals surface area contributed by atoms with Crippen LogP contribution in [0.3, 0.4) is 0 Å². The van der Waals surface area contributed by atoms with Crippen LogP contribution in [0.1, 0.15) is 6.92 Å². The van der Waals surface area contributed by atoms with Crippen molar-refractivity contribution in [2.75, 3.05) is 11.4 Å². The lowest BCUT2D eigenvalue weighted by Gasteiger charge is -2.33. The average molecular weight is 337 g/mol. The van der Waals surface area contributed by atoms with Crippen LogP contribution in [0.4, 0.5) is 5.69 Å².